The summed E-state index contributed by atoms with van der Waals surface area (Å²) in [4.78, 5) is 2.44. The van der Waals surface area contributed by atoms with Crippen LogP contribution in [0.2, 0.25) is 0 Å². The van der Waals surface area contributed by atoms with Gasteiger partial charge in [0.1, 0.15) is 11.8 Å². The van der Waals surface area contributed by atoms with Crippen LogP contribution in [0.15, 0.2) is 36.4 Å². The highest BCUT2D eigenvalue weighted by Crippen LogP contribution is 2.25. The van der Waals surface area contributed by atoms with Gasteiger partial charge in [0.25, 0.3) is 0 Å². The van der Waals surface area contributed by atoms with Gasteiger partial charge in [0.2, 0.25) is 0 Å². The van der Waals surface area contributed by atoms with Crippen molar-refractivity contribution in [2.75, 3.05) is 13.1 Å². The molecule has 4 nitrogen and oxygen atoms in total. The third-order valence-corrected chi connectivity index (χ3v) is 5.61. The van der Waals surface area contributed by atoms with Gasteiger partial charge in [0.15, 0.2) is 0 Å². The number of aromatic nitrogens is 1. The van der Waals surface area contributed by atoms with Crippen LogP contribution in [-0.2, 0) is 20.0 Å². The van der Waals surface area contributed by atoms with Crippen molar-refractivity contribution in [2.24, 2.45) is 13.0 Å². The lowest BCUT2D eigenvalue weighted by Gasteiger charge is -2.34. The molecule has 3 rings (SSSR count). The number of aliphatic hydroxyl groups excluding tert-OH is 1. The SMILES string of the molecule is Cc1c(CN2CCC([C@@H](O)Cc3ccccc3)CC2)cc(C#N)n1C. The molecule has 1 saturated heterocycles. The van der Waals surface area contributed by atoms with Crippen molar-refractivity contribution in [1.82, 2.24) is 9.47 Å². The second-order valence-electron chi connectivity index (χ2n) is 7.18. The van der Waals surface area contributed by atoms with Crippen molar-refractivity contribution in [3.8, 4) is 6.07 Å². The molecule has 2 aromatic rings. The summed E-state index contributed by atoms with van der Waals surface area (Å²) < 4.78 is 1.96. The molecule has 0 bridgehead atoms. The van der Waals surface area contributed by atoms with Gasteiger partial charge in [-0.2, -0.15) is 5.26 Å². The Balaban J connectivity index is 1.53. The number of likely N-dealkylation sites (tertiary alicyclic amines) is 1. The molecule has 0 unspecified atom stereocenters. The van der Waals surface area contributed by atoms with E-state index >= 15 is 0 Å². The van der Waals surface area contributed by atoms with Gasteiger partial charge in [-0.1, -0.05) is 30.3 Å². The lowest BCUT2D eigenvalue weighted by molar-refractivity contribution is 0.0576. The molecule has 2 heterocycles. The first-order valence-electron chi connectivity index (χ1n) is 9.08. The fraction of sp³-hybridized carbons (Fsp3) is 0.476. The number of nitrogens with zero attached hydrogens (tertiary/aromatic N) is 3. The van der Waals surface area contributed by atoms with Gasteiger partial charge in [-0.25, -0.2) is 0 Å². The van der Waals surface area contributed by atoms with Crippen LogP contribution in [0.25, 0.3) is 0 Å². The zero-order chi connectivity index (χ0) is 17.8. The van der Waals surface area contributed by atoms with Crippen molar-refractivity contribution < 1.29 is 5.11 Å². The monoisotopic (exact) mass is 337 g/mol. The molecule has 1 aromatic heterocycles. The fourth-order valence-electron chi connectivity index (χ4n) is 3.79. The van der Waals surface area contributed by atoms with E-state index in [0.717, 1.165) is 44.6 Å². The number of nitriles is 1. The van der Waals surface area contributed by atoms with Crippen LogP contribution in [0.1, 0.15) is 35.4 Å². The molecule has 25 heavy (non-hydrogen) atoms. The molecule has 0 saturated carbocycles. The Bertz CT molecular complexity index is 736. The van der Waals surface area contributed by atoms with Crippen molar-refractivity contribution in [3.05, 3.63) is 58.9 Å². The molecule has 0 radical (unpaired) electrons. The van der Waals surface area contributed by atoms with Gasteiger partial charge in [-0.05, 0) is 62.4 Å². The van der Waals surface area contributed by atoms with E-state index in [-0.39, 0.29) is 6.10 Å². The van der Waals surface area contributed by atoms with Crippen LogP contribution >= 0.6 is 0 Å². The number of hydrogen-bond acceptors (Lipinski definition) is 3. The smallest absolute Gasteiger partial charge is 0.120 e. The molecule has 1 N–H and O–H groups in total. The summed E-state index contributed by atoms with van der Waals surface area (Å²) in [6.07, 6.45) is 2.55. The molecular weight excluding hydrogens is 310 g/mol. The van der Waals surface area contributed by atoms with Crippen molar-refractivity contribution >= 4 is 0 Å². The van der Waals surface area contributed by atoms with E-state index in [1.807, 2.05) is 35.9 Å². The van der Waals surface area contributed by atoms with Crippen LogP contribution in [0, 0.1) is 24.2 Å². The van der Waals surface area contributed by atoms with Gasteiger partial charge in [-0.15, -0.1) is 0 Å². The highest BCUT2D eigenvalue weighted by Gasteiger charge is 2.26. The third-order valence-electron chi connectivity index (χ3n) is 5.61. The molecule has 0 aliphatic carbocycles. The normalized spacial score (nSPS) is 17.4. The lowest BCUT2D eigenvalue weighted by Crippen LogP contribution is -2.38. The van der Waals surface area contributed by atoms with Gasteiger partial charge in [0, 0.05) is 19.3 Å². The van der Waals surface area contributed by atoms with Crippen LogP contribution in [0.3, 0.4) is 0 Å². The van der Waals surface area contributed by atoms with Gasteiger partial charge < -0.3 is 9.67 Å². The third kappa shape index (κ3) is 4.12. The van der Waals surface area contributed by atoms with E-state index in [9.17, 15) is 5.11 Å². The maximum absolute atomic E-state index is 10.6. The molecule has 1 atom stereocenters. The first-order valence-corrected chi connectivity index (χ1v) is 9.08. The average molecular weight is 337 g/mol. The standard InChI is InChI=1S/C21H27N3O/c1-16-19(13-20(14-22)23(16)2)15-24-10-8-18(9-11-24)21(25)12-17-6-4-3-5-7-17/h3-7,13,18,21,25H,8-12,15H2,1-2H3/t21-/m0/s1. The second-order valence-corrected chi connectivity index (χ2v) is 7.18. The van der Waals surface area contributed by atoms with Crippen LogP contribution in [-0.4, -0.2) is 33.8 Å². The topological polar surface area (TPSA) is 52.2 Å². The number of hydrogen-bond donors (Lipinski definition) is 1. The van der Waals surface area contributed by atoms with Crippen LogP contribution in [0.4, 0.5) is 0 Å². The maximum atomic E-state index is 10.6. The highest BCUT2D eigenvalue weighted by molar-refractivity contribution is 5.34. The average Bonchev–Trinajstić information content (AvgIpc) is 2.91. The molecule has 1 aliphatic heterocycles. The van der Waals surface area contributed by atoms with Gasteiger partial charge in [-0.3, -0.25) is 4.90 Å². The summed E-state index contributed by atoms with van der Waals surface area (Å²) in [5.41, 5.74) is 4.34. The van der Waals surface area contributed by atoms with E-state index in [4.69, 9.17) is 5.26 Å². The Labute approximate surface area is 150 Å². The molecular formula is C21H27N3O. The maximum Gasteiger partial charge on any atom is 0.120 e. The summed E-state index contributed by atoms with van der Waals surface area (Å²) in [7, 11) is 1.95. The van der Waals surface area contributed by atoms with E-state index < -0.39 is 0 Å². The Morgan fingerprint density at radius 3 is 2.52 bits per heavy atom. The van der Waals surface area contributed by atoms with E-state index in [1.54, 1.807) is 0 Å². The number of rotatable bonds is 5. The quantitative estimate of drug-likeness (QED) is 0.912. The van der Waals surface area contributed by atoms with Crippen molar-refractivity contribution in [3.63, 3.8) is 0 Å². The van der Waals surface area contributed by atoms with Gasteiger partial charge >= 0.3 is 0 Å². The Morgan fingerprint density at radius 2 is 1.92 bits per heavy atom. The number of benzene rings is 1. The zero-order valence-corrected chi connectivity index (χ0v) is 15.2. The summed E-state index contributed by atoms with van der Waals surface area (Å²) in [5, 5.41) is 19.7. The lowest BCUT2D eigenvalue weighted by atomic mass is 9.88. The molecule has 0 amide bonds. The predicted molar refractivity (Wildman–Crippen MR) is 99.0 cm³/mol. The minimum absolute atomic E-state index is 0.256. The highest BCUT2D eigenvalue weighted by atomic mass is 16.3. The summed E-state index contributed by atoms with van der Waals surface area (Å²) in [5.74, 6) is 0.378. The van der Waals surface area contributed by atoms with E-state index in [0.29, 0.717) is 5.92 Å². The molecule has 4 heteroatoms. The van der Waals surface area contributed by atoms with Crippen molar-refractivity contribution in [1.29, 1.82) is 5.26 Å². The number of aliphatic hydroxyl groups is 1. The Morgan fingerprint density at radius 1 is 1.24 bits per heavy atom. The molecule has 132 valence electrons. The van der Waals surface area contributed by atoms with Crippen molar-refractivity contribution in [2.45, 2.75) is 38.8 Å². The van der Waals surface area contributed by atoms with E-state index in [1.165, 1.54) is 16.8 Å². The molecule has 1 aliphatic rings. The molecule has 0 spiro atoms. The first kappa shape index (κ1) is 17.7. The fourth-order valence-corrected chi connectivity index (χ4v) is 3.79. The van der Waals surface area contributed by atoms with Gasteiger partial charge in [0.05, 0.1) is 6.10 Å². The summed E-state index contributed by atoms with van der Waals surface area (Å²) in [6, 6.07) is 14.5. The van der Waals surface area contributed by atoms with E-state index in [2.05, 4.69) is 30.0 Å². The summed E-state index contributed by atoms with van der Waals surface area (Å²) in [6.45, 7) is 4.98. The minimum atomic E-state index is -0.256. The molecule has 1 aromatic carbocycles. The van der Waals surface area contributed by atoms with Crippen LogP contribution in [0.5, 0.6) is 0 Å². The Hall–Kier alpha value is -2.09. The zero-order valence-electron chi connectivity index (χ0n) is 15.2. The molecule has 1 fully saturated rings. The number of piperidine rings is 1. The largest absolute Gasteiger partial charge is 0.392 e. The first-order chi connectivity index (χ1) is 12.1. The van der Waals surface area contributed by atoms with Crippen LogP contribution < -0.4 is 0 Å². The summed E-state index contributed by atoms with van der Waals surface area (Å²) >= 11 is 0. The Kier molecular flexibility index (Phi) is 5.57. The second kappa shape index (κ2) is 7.86. The minimum Gasteiger partial charge on any atom is -0.392 e. The predicted octanol–water partition coefficient (Wildman–Crippen LogP) is 3.02.